The number of rotatable bonds is 6. The molecule has 9 heteroatoms. The van der Waals surface area contributed by atoms with Crippen molar-refractivity contribution < 1.29 is 9.53 Å². The zero-order valence-corrected chi connectivity index (χ0v) is 21.2. The first-order valence-corrected chi connectivity index (χ1v) is 12.0. The minimum absolute atomic E-state index is 0.0673. The number of halogens is 1. The molecule has 3 heterocycles. The van der Waals surface area contributed by atoms with Crippen LogP contribution in [0.5, 0.6) is 0 Å². The largest absolute Gasteiger partial charge is 0.379 e. The fourth-order valence-electron chi connectivity index (χ4n) is 3.83. The van der Waals surface area contributed by atoms with Gasteiger partial charge in [0, 0.05) is 23.8 Å². The minimum Gasteiger partial charge on any atom is -0.379 e. The number of nitrogens with zero attached hydrogens (tertiary/aromatic N) is 5. The lowest BCUT2D eigenvalue weighted by molar-refractivity contribution is 0.0748. The average Bonchev–Trinajstić information content (AvgIpc) is 2.83. The van der Waals surface area contributed by atoms with E-state index < -0.39 is 5.91 Å². The van der Waals surface area contributed by atoms with Crippen LogP contribution < -0.4 is 11.0 Å². The van der Waals surface area contributed by atoms with Gasteiger partial charge in [0.15, 0.2) is 5.49 Å². The number of pyridine rings is 2. The molecule has 0 atom stereocenters. The number of fused-ring (bicyclic) bond motifs is 2. The zero-order valence-electron chi connectivity index (χ0n) is 19.7. The van der Waals surface area contributed by atoms with Crippen molar-refractivity contribution in [2.75, 3.05) is 6.61 Å². The van der Waals surface area contributed by atoms with Crippen molar-refractivity contribution in [3.05, 3.63) is 85.7 Å². The van der Waals surface area contributed by atoms with Gasteiger partial charge in [-0.25, -0.2) is 4.98 Å². The molecule has 4 rings (SSSR count). The first-order valence-electron chi connectivity index (χ1n) is 11.2. The van der Waals surface area contributed by atoms with E-state index >= 15 is 0 Å². The van der Waals surface area contributed by atoms with Crippen LogP contribution >= 0.6 is 15.9 Å². The van der Waals surface area contributed by atoms with Gasteiger partial charge in [0.1, 0.15) is 17.4 Å². The molecule has 0 aliphatic rings. The molecule has 1 aromatic carbocycles. The number of aromatic nitrogens is 3. The molecule has 0 N–H and O–H groups in total. The number of nitriles is 1. The highest BCUT2D eigenvalue weighted by atomic mass is 79.9. The molecule has 178 valence electrons. The summed E-state index contributed by atoms with van der Waals surface area (Å²) in [6.07, 6.45) is 2.30. The summed E-state index contributed by atoms with van der Waals surface area (Å²) in [6.45, 7) is 6.60. The highest BCUT2D eigenvalue weighted by Crippen LogP contribution is 2.17. The van der Waals surface area contributed by atoms with Crippen LogP contribution in [0.2, 0.25) is 0 Å². The second kappa shape index (κ2) is 10.3. The second-order valence-corrected chi connectivity index (χ2v) is 9.21. The zero-order chi connectivity index (χ0) is 25.1. The monoisotopic (exact) mass is 533 g/mol. The summed E-state index contributed by atoms with van der Waals surface area (Å²) < 4.78 is 9.43. The normalized spacial score (nSPS) is 11.9. The van der Waals surface area contributed by atoms with Crippen molar-refractivity contribution in [3.63, 3.8) is 0 Å². The highest BCUT2D eigenvalue weighted by Gasteiger charge is 2.17. The van der Waals surface area contributed by atoms with Gasteiger partial charge in [-0.15, -0.1) is 0 Å². The predicted molar refractivity (Wildman–Crippen MR) is 136 cm³/mol. The maximum Gasteiger partial charge on any atom is 0.280 e. The fourth-order valence-corrected chi connectivity index (χ4v) is 4.29. The number of aryl methyl sites for hydroxylation is 2. The number of amides is 1. The van der Waals surface area contributed by atoms with Gasteiger partial charge in [0.25, 0.3) is 11.5 Å². The van der Waals surface area contributed by atoms with Crippen molar-refractivity contribution >= 4 is 38.5 Å². The van der Waals surface area contributed by atoms with Crippen LogP contribution in [-0.2, 0) is 11.3 Å². The van der Waals surface area contributed by atoms with E-state index in [0.29, 0.717) is 40.9 Å². The molecule has 0 aliphatic heterocycles. The van der Waals surface area contributed by atoms with E-state index in [-0.39, 0.29) is 28.1 Å². The summed E-state index contributed by atoms with van der Waals surface area (Å²) in [5, 5.41) is 10.2. The van der Waals surface area contributed by atoms with Crippen LogP contribution in [0.25, 0.3) is 16.7 Å². The van der Waals surface area contributed by atoms with Gasteiger partial charge in [0.2, 0.25) is 0 Å². The molecule has 0 saturated heterocycles. The van der Waals surface area contributed by atoms with E-state index in [9.17, 15) is 14.9 Å². The minimum atomic E-state index is -0.505. The summed E-state index contributed by atoms with van der Waals surface area (Å²) in [5.74, 6) is -0.505. The van der Waals surface area contributed by atoms with Crippen molar-refractivity contribution in [2.45, 2.75) is 39.8 Å². The molecule has 0 unspecified atom stereocenters. The Bertz CT molecular complexity index is 1610. The lowest BCUT2D eigenvalue weighted by Gasteiger charge is -2.15. The average molecular weight is 534 g/mol. The van der Waals surface area contributed by atoms with Crippen molar-refractivity contribution in [3.8, 4) is 6.07 Å². The highest BCUT2D eigenvalue weighted by molar-refractivity contribution is 9.10. The number of ether oxygens (including phenoxy) is 1. The first-order chi connectivity index (χ1) is 16.8. The predicted octanol–water partition coefficient (Wildman–Crippen LogP) is 4.15. The maximum absolute atomic E-state index is 13.4. The van der Waals surface area contributed by atoms with Crippen LogP contribution in [-0.4, -0.2) is 32.6 Å². The summed E-state index contributed by atoms with van der Waals surface area (Å²) in [5.41, 5.74) is 2.06. The molecule has 8 nitrogen and oxygen atoms in total. The number of carbonyl (C=O) groups is 1. The summed E-state index contributed by atoms with van der Waals surface area (Å²) in [4.78, 5) is 35.6. The molecule has 0 bridgehead atoms. The third kappa shape index (κ3) is 4.94. The van der Waals surface area contributed by atoms with Crippen LogP contribution in [0, 0.1) is 18.3 Å². The van der Waals surface area contributed by atoms with E-state index in [1.807, 2.05) is 26.8 Å². The Morgan fingerprint density at radius 3 is 2.71 bits per heavy atom. The number of hydrogen-bond donors (Lipinski definition) is 0. The Balaban J connectivity index is 2.02. The smallest absolute Gasteiger partial charge is 0.280 e. The molecule has 35 heavy (non-hydrogen) atoms. The standard InChI is InChI=1S/C26H24BrN5O3/c1-16(2)35-13-7-12-31-23(30-25(33)19-9-4-5-10-21(19)27)18(15-28)14-20-24(31)29-22-17(3)8-6-11-32(22)26(20)34/h4-6,8-11,14,16H,7,12-13H2,1-3H3. The Labute approximate surface area is 210 Å². The van der Waals surface area contributed by atoms with E-state index in [1.165, 1.54) is 10.5 Å². The van der Waals surface area contributed by atoms with Gasteiger partial charge >= 0.3 is 0 Å². The van der Waals surface area contributed by atoms with E-state index in [4.69, 9.17) is 9.72 Å². The topological polar surface area (TPSA) is 102 Å². The third-order valence-electron chi connectivity index (χ3n) is 5.51. The van der Waals surface area contributed by atoms with Gasteiger partial charge < -0.3 is 9.30 Å². The quantitative estimate of drug-likeness (QED) is 0.273. The summed E-state index contributed by atoms with van der Waals surface area (Å²) >= 11 is 3.39. The molecule has 3 aromatic heterocycles. The van der Waals surface area contributed by atoms with Gasteiger partial charge in [-0.3, -0.25) is 14.0 Å². The van der Waals surface area contributed by atoms with Crippen molar-refractivity contribution in [1.29, 1.82) is 5.26 Å². The Hall–Kier alpha value is -3.61. The molecule has 0 radical (unpaired) electrons. The molecule has 0 saturated carbocycles. The molecule has 0 aliphatic carbocycles. The molecule has 0 fully saturated rings. The van der Waals surface area contributed by atoms with Crippen LogP contribution in [0.4, 0.5) is 0 Å². The lowest BCUT2D eigenvalue weighted by atomic mass is 10.2. The maximum atomic E-state index is 13.4. The van der Waals surface area contributed by atoms with E-state index in [2.05, 4.69) is 27.0 Å². The summed E-state index contributed by atoms with van der Waals surface area (Å²) in [7, 11) is 0. The number of hydrogen-bond acceptors (Lipinski definition) is 5. The lowest BCUT2D eigenvalue weighted by Crippen LogP contribution is -2.30. The van der Waals surface area contributed by atoms with Crippen LogP contribution in [0.15, 0.2) is 62.9 Å². The third-order valence-corrected chi connectivity index (χ3v) is 6.21. The molecule has 1 amide bonds. The molecular weight excluding hydrogens is 510 g/mol. The number of carbonyl (C=O) groups excluding carboxylic acids is 1. The SMILES string of the molecule is Cc1cccn2c(=O)c3cc(C#N)c(=NC(=O)c4ccccc4Br)n(CCCOC(C)C)c3nc12. The molecular formula is C26H24BrN5O3. The van der Waals surface area contributed by atoms with Gasteiger partial charge in [-0.1, -0.05) is 18.2 Å². The van der Waals surface area contributed by atoms with Crippen LogP contribution in [0.3, 0.4) is 0 Å². The number of benzene rings is 1. The van der Waals surface area contributed by atoms with E-state index in [0.717, 1.165) is 5.56 Å². The van der Waals surface area contributed by atoms with Crippen molar-refractivity contribution in [1.82, 2.24) is 14.0 Å². The van der Waals surface area contributed by atoms with Gasteiger partial charge in [0.05, 0.1) is 22.6 Å². The summed E-state index contributed by atoms with van der Waals surface area (Å²) in [6, 6.07) is 14.2. The van der Waals surface area contributed by atoms with Crippen molar-refractivity contribution in [2.24, 2.45) is 4.99 Å². The second-order valence-electron chi connectivity index (χ2n) is 8.35. The van der Waals surface area contributed by atoms with Crippen LogP contribution in [0.1, 0.15) is 41.8 Å². The van der Waals surface area contributed by atoms with Gasteiger partial charge in [-0.05, 0) is 73.0 Å². The van der Waals surface area contributed by atoms with Gasteiger partial charge in [-0.2, -0.15) is 10.3 Å². The Morgan fingerprint density at radius 2 is 2.00 bits per heavy atom. The first kappa shape index (κ1) is 24.5. The fraction of sp³-hybridized carbons (Fsp3) is 0.269. The molecule has 0 spiro atoms. The Morgan fingerprint density at radius 1 is 1.23 bits per heavy atom. The molecule has 4 aromatic rings. The Kier molecular flexibility index (Phi) is 7.24. The van der Waals surface area contributed by atoms with E-state index in [1.54, 1.807) is 41.1 Å².